The van der Waals surface area contributed by atoms with Crippen molar-refractivity contribution in [3.63, 3.8) is 0 Å². The van der Waals surface area contributed by atoms with E-state index in [0.29, 0.717) is 0 Å². The molecule has 1 aromatic heterocycles. The Labute approximate surface area is 292 Å². The number of hydrogen-bond acceptors (Lipinski definition) is 1. The third-order valence-electron chi connectivity index (χ3n) is 9.61. The van der Waals surface area contributed by atoms with Crippen molar-refractivity contribution in [1.29, 1.82) is 0 Å². The van der Waals surface area contributed by atoms with Gasteiger partial charge >= 0.3 is 0 Å². The molecule has 9 rings (SSSR count). The molecule has 0 N–H and O–H groups in total. The van der Waals surface area contributed by atoms with E-state index in [-0.39, 0.29) is 0 Å². The molecule has 8 aromatic carbocycles. The summed E-state index contributed by atoms with van der Waals surface area (Å²) in [6, 6.07) is 74.0. The molecular weight excluding hydrogens is 605 g/mol. The van der Waals surface area contributed by atoms with Gasteiger partial charge < -0.3 is 9.47 Å². The maximum Gasteiger partial charge on any atom is 0.0561 e. The molecule has 0 spiro atoms. The number of para-hydroxylation sites is 4. The van der Waals surface area contributed by atoms with Crippen molar-refractivity contribution in [2.24, 2.45) is 0 Å². The molecule has 2 nitrogen and oxygen atoms in total. The average Bonchev–Trinajstić information content (AvgIpc) is 3.53. The maximum atomic E-state index is 2.40. The summed E-state index contributed by atoms with van der Waals surface area (Å²) >= 11 is 0. The van der Waals surface area contributed by atoms with Crippen LogP contribution in [0.25, 0.3) is 60.9 Å². The second-order valence-electron chi connectivity index (χ2n) is 12.5. The Balaban J connectivity index is 1.27. The van der Waals surface area contributed by atoms with Gasteiger partial charge in [0.1, 0.15) is 0 Å². The third-order valence-corrected chi connectivity index (χ3v) is 9.61. The van der Waals surface area contributed by atoms with E-state index in [0.717, 1.165) is 22.7 Å². The first kappa shape index (κ1) is 29.5. The minimum absolute atomic E-state index is 1.10. The van der Waals surface area contributed by atoms with E-state index in [1.807, 2.05) is 0 Å². The van der Waals surface area contributed by atoms with Crippen molar-refractivity contribution in [3.05, 3.63) is 206 Å². The topological polar surface area (TPSA) is 8.17 Å². The Morgan fingerprint density at radius 1 is 0.320 bits per heavy atom. The smallest absolute Gasteiger partial charge is 0.0561 e. The Hall–Kier alpha value is -6.64. The summed E-state index contributed by atoms with van der Waals surface area (Å²) in [4.78, 5) is 2.40. The largest absolute Gasteiger partial charge is 0.310 e. The first-order valence-electron chi connectivity index (χ1n) is 17.1. The molecule has 0 atom stereocenters. The molecule has 0 amide bonds. The highest BCUT2D eigenvalue weighted by atomic mass is 15.1. The highest BCUT2D eigenvalue weighted by Crippen LogP contribution is 2.46. The standard InChI is InChI=1S/C48H34N2/c1-4-18-35(19-5-1)39-24-10-11-25-40(39)41-26-12-13-27-42(41)43-28-14-16-30-46(43)49(36-20-6-2-7-21-36)38-32-33-45-44-29-15-17-31-47(44)50(48(45)34-38)37-22-8-3-9-23-37/h1-34H. The molecule has 2 heteroatoms. The second kappa shape index (κ2) is 12.8. The van der Waals surface area contributed by atoms with Crippen LogP contribution < -0.4 is 4.90 Å². The molecule has 0 fully saturated rings. The van der Waals surface area contributed by atoms with Gasteiger partial charge in [0, 0.05) is 33.4 Å². The van der Waals surface area contributed by atoms with Crippen molar-refractivity contribution in [1.82, 2.24) is 4.57 Å². The van der Waals surface area contributed by atoms with E-state index in [4.69, 9.17) is 0 Å². The first-order valence-corrected chi connectivity index (χ1v) is 17.1. The number of nitrogens with zero attached hydrogens (tertiary/aromatic N) is 2. The molecule has 236 valence electrons. The lowest BCUT2D eigenvalue weighted by molar-refractivity contribution is 1.18. The second-order valence-corrected chi connectivity index (χ2v) is 12.5. The van der Waals surface area contributed by atoms with E-state index in [9.17, 15) is 0 Å². The van der Waals surface area contributed by atoms with Gasteiger partial charge in [0.2, 0.25) is 0 Å². The van der Waals surface area contributed by atoms with Gasteiger partial charge in [-0.05, 0) is 76.3 Å². The van der Waals surface area contributed by atoms with Gasteiger partial charge in [-0.3, -0.25) is 0 Å². The van der Waals surface area contributed by atoms with E-state index in [1.54, 1.807) is 0 Å². The van der Waals surface area contributed by atoms with Crippen LogP contribution in [0.15, 0.2) is 206 Å². The lowest BCUT2D eigenvalue weighted by Gasteiger charge is -2.28. The number of benzene rings is 8. The summed E-state index contributed by atoms with van der Waals surface area (Å²) in [5.74, 6) is 0. The lowest BCUT2D eigenvalue weighted by Crippen LogP contribution is -2.11. The summed E-state index contributed by atoms with van der Waals surface area (Å²) in [6.07, 6.45) is 0. The number of anilines is 3. The molecule has 0 saturated heterocycles. The quantitative estimate of drug-likeness (QED) is 0.169. The Morgan fingerprint density at radius 2 is 0.820 bits per heavy atom. The summed E-state index contributed by atoms with van der Waals surface area (Å²) in [5.41, 5.74) is 14.0. The predicted octanol–water partition coefficient (Wildman–Crippen LogP) is 13.3. The van der Waals surface area contributed by atoms with Gasteiger partial charge in [-0.1, -0.05) is 158 Å². The van der Waals surface area contributed by atoms with Gasteiger partial charge in [0.25, 0.3) is 0 Å². The van der Waals surface area contributed by atoms with Crippen LogP contribution in [0.2, 0.25) is 0 Å². The van der Waals surface area contributed by atoms with Crippen molar-refractivity contribution in [3.8, 4) is 39.1 Å². The predicted molar refractivity (Wildman–Crippen MR) is 212 cm³/mol. The molecule has 1 heterocycles. The zero-order valence-electron chi connectivity index (χ0n) is 27.5. The van der Waals surface area contributed by atoms with E-state index in [2.05, 4.69) is 216 Å². The van der Waals surface area contributed by atoms with Gasteiger partial charge in [-0.15, -0.1) is 0 Å². The number of fused-ring (bicyclic) bond motifs is 3. The van der Waals surface area contributed by atoms with Gasteiger partial charge in [0.05, 0.1) is 16.7 Å². The zero-order valence-corrected chi connectivity index (χ0v) is 27.5. The molecule has 50 heavy (non-hydrogen) atoms. The average molecular weight is 639 g/mol. The summed E-state index contributed by atoms with van der Waals surface area (Å²) < 4.78 is 2.39. The van der Waals surface area contributed by atoms with Crippen LogP contribution >= 0.6 is 0 Å². The molecule has 0 aliphatic heterocycles. The number of rotatable bonds is 7. The van der Waals surface area contributed by atoms with E-state index in [1.165, 1.54) is 55.2 Å². The maximum absolute atomic E-state index is 2.40. The molecule has 0 aliphatic rings. The first-order chi connectivity index (χ1) is 24.8. The molecule has 0 bridgehead atoms. The van der Waals surface area contributed by atoms with Crippen molar-refractivity contribution in [2.75, 3.05) is 4.90 Å². The third kappa shape index (κ3) is 5.15. The zero-order chi connectivity index (χ0) is 33.3. The highest BCUT2D eigenvalue weighted by Gasteiger charge is 2.21. The lowest BCUT2D eigenvalue weighted by atomic mass is 9.88. The van der Waals surface area contributed by atoms with Gasteiger partial charge in [-0.25, -0.2) is 0 Å². The molecule has 0 aliphatic carbocycles. The van der Waals surface area contributed by atoms with Crippen molar-refractivity contribution >= 4 is 38.9 Å². The molecule has 9 aromatic rings. The minimum Gasteiger partial charge on any atom is -0.310 e. The molecule has 0 saturated carbocycles. The van der Waals surface area contributed by atoms with Crippen LogP contribution in [0.1, 0.15) is 0 Å². The molecular formula is C48H34N2. The van der Waals surface area contributed by atoms with Crippen LogP contribution in [0.4, 0.5) is 17.1 Å². The van der Waals surface area contributed by atoms with E-state index < -0.39 is 0 Å². The summed E-state index contributed by atoms with van der Waals surface area (Å²) in [7, 11) is 0. The fourth-order valence-electron chi connectivity index (χ4n) is 7.39. The van der Waals surface area contributed by atoms with Crippen LogP contribution in [-0.2, 0) is 0 Å². The van der Waals surface area contributed by atoms with Crippen molar-refractivity contribution in [2.45, 2.75) is 0 Å². The summed E-state index contributed by atoms with van der Waals surface area (Å²) in [5, 5.41) is 2.48. The molecule has 0 unspecified atom stereocenters. The number of hydrogen-bond donors (Lipinski definition) is 0. The van der Waals surface area contributed by atoms with Gasteiger partial charge in [0.15, 0.2) is 0 Å². The fourth-order valence-corrected chi connectivity index (χ4v) is 7.39. The highest BCUT2D eigenvalue weighted by molar-refractivity contribution is 6.10. The SMILES string of the molecule is c1ccc(-c2ccccc2-c2ccccc2-c2ccccc2N(c2ccccc2)c2ccc3c4ccccc4n(-c4ccccc4)c3c2)cc1. The Bertz CT molecular complexity index is 2580. The monoisotopic (exact) mass is 638 g/mol. The van der Waals surface area contributed by atoms with Crippen LogP contribution in [0, 0.1) is 0 Å². The van der Waals surface area contributed by atoms with Gasteiger partial charge in [-0.2, -0.15) is 0 Å². The fraction of sp³-hybridized carbons (Fsp3) is 0. The van der Waals surface area contributed by atoms with Crippen LogP contribution in [-0.4, -0.2) is 4.57 Å². The minimum atomic E-state index is 1.10. The normalized spacial score (nSPS) is 11.2. The van der Waals surface area contributed by atoms with Crippen molar-refractivity contribution < 1.29 is 0 Å². The molecule has 0 radical (unpaired) electrons. The Morgan fingerprint density at radius 3 is 1.54 bits per heavy atom. The number of aromatic nitrogens is 1. The van der Waals surface area contributed by atoms with Crippen LogP contribution in [0.3, 0.4) is 0 Å². The Kier molecular flexibility index (Phi) is 7.53. The van der Waals surface area contributed by atoms with Crippen LogP contribution in [0.5, 0.6) is 0 Å². The summed E-state index contributed by atoms with van der Waals surface area (Å²) in [6.45, 7) is 0. The van der Waals surface area contributed by atoms with E-state index >= 15 is 0 Å².